The van der Waals surface area contributed by atoms with Crippen molar-refractivity contribution in [1.82, 2.24) is 14.5 Å². The largest absolute Gasteiger partial charge is 0.310 e. The van der Waals surface area contributed by atoms with Gasteiger partial charge in [-0.05, 0) is 25.7 Å². The Balaban J connectivity index is 2.96. The van der Waals surface area contributed by atoms with Crippen LogP contribution in [-0.2, 0) is 16.6 Å². The van der Waals surface area contributed by atoms with Crippen LogP contribution in [0.2, 0.25) is 0 Å². The van der Waals surface area contributed by atoms with E-state index in [1.165, 1.54) is 4.31 Å². The Morgan fingerprint density at radius 2 is 1.71 bits per heavy atom. The van der Waals surface area contributed by atoms with Crippen LogP contribution in [0.25, 0.3) is 0 Å². The second-order valence-corrected chi connectivity index (χ2v) is 7.79. The molecule has 0 fully saturated rings. The lowest BCUT2D eigenvalue weighted by molar-refractivity contribution is 0.358. The third-order valence-electron chi connectivity index (χ3n) is 3.22. The summed E-state index contributed by atoms with van der Waals surface area (Å²) in [5.41, 5.74) is 0.808. The third kappa shape index (κ3) is 5.39. The number of nitrogens with one attached hydrogen (secondary N) is 1. The van der Waals surface area contributed by atoms with Crippen molar-refractivity contribution in [3.05, 3.63) is 29.8 Å². The van der Waals surface area contributed by atoms with Gasteiger partial charge < -0.3 is 10.2 Å². The Bertz CT molecular complexity index is 542. The maximum atomic E-state index is 12.7. The van der Waals surface area contributed by atoms with E-state index in [0.717, 1.165) is 5.56 Å². The molecule has 0 aliphatic heterocycles. The molecule has 0 bridgehead atoms. The van der Waals surface area contributed by atoms with E-state index >= 15 is 0 Å². The van der Waals surface area contributed by atoms with Gasteiger partial charge in [0, 0.05) is 32.7 Å². The molecule has 0 spiro atoms. The summed E-state index contributed by atoms with van der Waals surface area (Å²) in [5, 5.41) is 3.27. The van der Waals surface area contributed by atoms with Crippen molar-refractivity contribution in [2.24, 2.45) is 0 Å². The van der Waals surface area contributed by atoms with Gasteiger partial charge in [-0.2, -0.15) is 4.31 Å². The predicted octanol–water partition coefficient (Wildman–Crippen LogP) is 1.37. The van der Waals surface area contributed by atoms with Crippen LogP contribution in [0.4, 0.5) is 0 Å². The van der Waals surface area contributed by atoms with Gasteiger partial charge in [0.05, 0.1) is 4.90 Å². The summed E-state index contributed by atoms with van der Waals surface area (Å²) in [6, 6.07) is 7.50. The molecule has 0 saturated carbocycles. The maximum Gasteiger partial charge on any atom is 0.243 e. The first-order valence-corrected chi connectivity index (χ1v) is 8.61. The fourth-order valence-corrected chi connectivity index (χ4v) is 3.22. The smallest absolute Gasteiger partial charge is 0.243 e. The molecule has 1 rings (SSSR count). The minimum absolute atomic E-state index is 0.312. The first-order valence-electron chi connectivity index (χ1n) is 7.17. The molecule has 21 heavy (non-hydrogen) atoms. The Kier molecular flexibility index (Phi) is 6.80. The summed E-state index contributed by atoms with van der Waals surface area (Å²) in [7, 11) is 2.05. The summed E-state index contributed by atoms with van der Waals surface area (Å²) in [4.78, 5) is 2.36. The number of sulfonamides is 1. The van der Waals surface area contributed by atoms with Crippen molar-refractivity contribution < 1.29 is 8.42 Å². The molecule has 0 atom stereocenters. The minimum atomic E-state index is -3.45. The van der Waals surface area contributed by atoms with Crippen LogP contribution in [0.3, 0.4) is 0 Å². The lowest BCUT2D eigenvalue weighted by Gasteiger charge is -2.21. The molecule has 0 aromatic heterocycles. The molecule has 0 amide bonds. The molecule has 120 valence electrons. The van der Waals surface area contributed by atoms with Crippen molar-refractivity contribution in [1.29, 1.82) is 0 Å². The Hall–Kier alpha value is -0.950. The van der Waals surface area contributed by atoms with Gasteiger partial charge in [-0.3, -0.25) is 0 Å². The van der Waals surface area contributed by atoms with E-state index in [1.807, 2.05) is 45.0 Å². The van der Waals surface area contributed by atoms with Gasteiger partial charge in [0.2, 0.25) is 10.0 Å². The van der Waals surface area contributed by atoms with Crippen LogP contribution in [0, 0.1) is 0 Å². The van der Waals surface area contributed by atoms with E-state index in [2.05, 4.69) is 5.32 Å². The van der Waals surface area contributed by atoms with E-state index in [1.54, 1.807) is 19.2 Å². The van der Waals surface area contributed by atoms with Gasteiger partial charge >= 0.3 is 0 Å². The monoisotopic (exact) mass is 313 g/mol. The predicted molar refractivity (Wildman–Crippen MR) is 86.8 cm³/mol. The SMILES string of the molecule is CC(C)NCc1ccccc1S(=O)(=O)N(C)CCN(C)C. The van der Waals surface area contributed by atoms with E-state index in [0.29, 0.717) is 30.6 Å². The van der Waals surface area contributed by atoms with Crippen molar-refractivity contribution in [3.63, 3.8) is 0 Å². The summed E-state index contributed by atoms with van der Waals surface area (Å²) in [6.45, 7) is 5.80. The number of nitrogens with zero attached hydrogens (tertiary/aromatic N) is 2. The van der Waals surface area contributed by atoms with Gasteiger partial charge in [0.15, 0.2) is 0 Å². The van der Waals surface area contributed by atoms with Crippen molar-refractivity contribution in [2.75, 3.05) is 34.2 Å². The highest BCUT2D eigenvalue weighted by molar-refractivity contribution is 7.89. The Morgan fingerprint density at radius 1 is 1.10 bits per heavy atom. The van der Waals surface area contributed by atoms with Crippen LogP contribution < -0.4 is 5.32 Å². The first kappa shape index (κ1) is 18.1. The van der Waals surface area contributed by atoms with E-state index in [-0.39, 0.29) is 0 Å². The molecule has 0 aliphatic carbocycles. The average molecular weight is 313 g/mol. The van der Waals surface area contributed by atoms with Gasteiger partial charge in [-0.25, -0.2) is 8.42 Å². The molecule has 1 aromatic carbocycles. The topological polar surface area (TPSA) is 52.7 Å². The summed E-state index contributed by atoms with van der Waals surface area (Å²) < 4.78 is 26.8. The molecule has 5 nitrogen and oxygen atoms in total. The standard InChI is InChI=1S/C15H27N3O2S/c1-13(2)16-12-14-8-6-7-9-15(14)21(19,20)18(5)11-10-17(3)4/h6-9,13,16H,10-12H2,1-5H3. The van der Waals surface area contributed by atoms with Crippen LogP contribution >= 0.6 is 0 Å². The highest BCUT2D eigenvalue weighted by Crippen LogP contribution is 2.19. The van der Waals surface area contributed by atoms with Crippen molar-refractivity contribution in [3.8, 4) is 0 Å². The highest BCUT2D eigenvalue weighted by atomic mass is 32.2. The molecule has 0 aliphatic rings. The van der Waals surface area contributed by atoms with Crippen molar-refractivity contribution >= 4 is 10.0 Å². The normalized spacial score (nSPS) is 12.6. The quantitative estimate of drug-likeness (QED) is 0.787. The summed E-state index contributed by atoms with van der Waals surface area (Å²) in [5.74, 6) is 0. The molecule has 1 aromatic rings. The molecule has 0 heterocycles. The number of benzene rings is 1. The van der Waals surface area contributed by atoms with Gasteiger partial charge in [-0.1, -0.05) is 32.0 Å². The number of likely N-dealkylation sites (N-methyl/N-ethyl adjacent to an activating group) is 2. The van der Waals surface area contributed by atoms with E-state index in [4.69, 9.17) is 0 Å². The molecule has 0 unspecified atom stereocenters. The fourth-order valence-electron chi connectivity index (χ4n) is 1.84. The zero-order chi connectivity index (χ0) is 16.0. The zero-order valence-corrected chi connectivity index (χ0v) is 14.4. The maximum absolute atomic E-state index is 12.7. The fraction of sp³-hybridized carbons (Fsp3) is 0.600. The second kappa shape index (κ2) is 7.89. The van der Waals surface area contributed by atoms with E-state index in [9.17, 15) is 8.42 Å². The number of hydrogen-bond donors (Lipinski definition) is 1. The zero-order valence-electron chi connectivity index (χ0n) is 13.6. The molecule has 0 radical (unpaired) electrons. The van der Waals surface area contributed by atoms with Gasteiger partial charge in [0.25, 0.3) is 0 Å². The minimum Gasteiger partial charge on any atom is -0.310 e. The molecule has 1 N–H and O–H groups in total. The third-order valence-corrected chi connectivity index (χ3v) is 5.18. The molecular formula is C15H27N3O2S. The van der Waals surface area contributed by atoms with Crippen molar-refractivity contribution in [2.45, 2.75) is 31.3 Å². The van der Waals surface area contributed by atoms with Gasteiger partial charge in [-0.15, -0.1) is 0 Å². The van der Waals surface area contributed by atoms with Crippen LogP contribution in [-0.4, -0.2) is 57.9 Å². The summed E-state index contributed by atoms with van der Waals surface area (Å²) in [6.07, 6.45) is 0. The molecule has 6 heteroatoms. The second-order valence-electron chi connectivity index (χ2n) is 5.77. The van der Waals surface area contributed by atoms with Gasteiger partial charge in [0.1, 0.15) is 0 Å². The Morgan fingerprint density at radius 3 is 2.29 bits per heavy atom. The lowest BCUT2D eigenvalue weighted by Crippen LogP contribution is -2.34. The number of hydrogen-bond acceptors (Lipinski definition) is 4. The molecule has 0 saturated heterocycles. The van der Waals surface area contributed by atoms with E-state index < -0.39 is 10.0 Å². The van der Waals surface area contributed by atoms with Crippen LogP contribution in [0.5, 0.6) is 0 Å². The average Bonchev–Trinajstić information content (AvgIpc) is 2.42. The molecular weight excluding hydrogens is 286 g/mol. The van der Waals surface area contributed by atoms with Crippen LogP contribution in [0.1, 0.15) is 19.4 Å². The first-order chi connectivity index (χ1) is 9.75. The van der Waals surface area contributed by atoms with Crippen LogP contribution in [0.15, 0.2) is 29.2 Å². The summed E-state index contributed by atoms with van der Waals surface area (Å²) >= 11 is 0. The lowest BCUT2D eigenvalue weighted by atomic mass is 10.2. The highest BCUT2D eigenvalue weighted by Gasteiger charge is 2.23. The number of rotatable bonds is 8. The Labute approximate surface area is 129 Å².